The summed E-state index contributed by atoms with van der Waals surface area (Å²) in [6.07, 6.45) is 2.89. The molecule has 0 saturated heterocycles. The van der Waals surface area contributed by atoms with Crippen molar-refractivity contribution in [3.8, 4) is 5.75 Å². The smallest absolute Gasteiger partial charge is 0.336 e. The highest BCUT2D eigenvalue weighted by Gasteiger charge is 2.40. The Hall–Kier alpha value is -2.56. The van der Waals surface area contributed by atoms with Crippen LogP contribution >= 0.6 is 0 Å². The van der Waals surface area contributed by atoms with Crippen molar-refractivity contribution in [1.82, 2.24) is 5.32 Å². The third-order valence-electron chi connectivity index (χ3n) is 4.96. The largest absolute Gasteiger partial charge is 0.494 e. The summed E-state index contributed by atoms with van der Waals surface area (Å²) in [6.45, 7) is 6.63. The fraction of sp³-hybridized carbons (Fsp3) is 0.455. The van der Waals surface area contributed by atoms with Crippen LogP contribution in [0.4, 0.5) is 0 Å². The van der Waals surface area contributed by atoms with Gasteiger partial charge in [0, 0.05) is 29.0 Å². The van der Waals surface area contributed by atoms with Crippen LogP contribution in [0.15, 0.2) is 46.8 Å². The molecule has 0 radical (unpaired) electrons. The van der Waals surface area contributed by atoms with Crippen LogP contribution in [0, 0.1) is 0 Å². The van der Waals surface area contributed by atoms with E-state index in [1.165, 1.54) is 0 Å². The van der Waals surface area contributed by atoms with Gasteiger partial charge in [0.15, 0.2) is 5.78 Å². The fourth-order valence-electron chi connectivity index (χ4n) is 3.84. The predicted molar refractivity (Wildman–Crippen MR) is 103 cm³/mol. The van der Waals surface area contributed by atoms with Crippen molar-refractivity contribution in [3.63, 3.8) is 0 Å². The predicted octanol–water partition coefficient (Wildman–Crippen LogP) is 4.01. The molecule has 27 heavy (non-hydrogen) atoms. The number of ether oxygens (including phenoxy) is 2. The number of Topliss-reactive ketones (excluding diaryl/α,β-unsaturated/α-hetero) is 1. The van der Waals surface area contributed by atoms with Crippen LogP contribution in [0.5, 0.6) is 5.75 Å². The summed E-state index contributed by atoms with van der Waals surface area (Å²) < 4.78 is 11.3. The van der Waals surface area contributed by atoms with E-state index in [1.807, 2.05) is 45.0 Å². The molecule has 5 nitrogen and oxygen atoms in total. The minimum atomic E-state index is -0.457. The molecule has 5 heteroatoms. The number of allylic oxidation sites excluding steroid dienone is 3. The fourth-order valence-corrected chi connectivity index (χ4v) is 3.84. The monoisotopic (exact) mass is 369 g/mol. The molecule has 1 aliphatic carbocycles. The second kappa shape index (κ2) is 8.42. The number of hydrogen-bond acceptors (Lipinski definition) is 5. The second-order valence-electron chi connectivity index (χ2n) is 6.87. The first-order valence-corrected chi connectivity index (χ1v) is 9.71. The molecule has 1 aromatic carbocycles. The molecule has 1 aliphatic heterocycles. The molecule has 0 fully saturated rings. The van der Waals surface area contributed by atoms with Crippen LogP contribution in [0.3, 0.4) is 0 Å². The average molecular weight is 369 g/mol. The number of carbonyl (C=O) groups is 2. The number of para-hydroxylation sites is 1. The lowest BCUT2D eigenvalue weighted by atomic mass is 9.75. The van der Waals surface area contributed by atoms with Gasteiger partial charge in [-0.3, -0.25) is 4.79 Å². The van der Waals surface area contributed by atoms with E-state index in [1.54, 1.807) is 0 Å². The van der Waals surface area contributed by atoms with E-state index in [9.17, 15) is 9.59 Å². The molecule has 0 bridgehead atoms. The summed E-state index contributed by atoms with van der Waals surface area (Å²) in [7, 11) is 0. The molecule has 144 valence electrons. The summed E-state index contributed by atoms with van der Waals surface area (Å²) in [4.78, 5) is 25.8. The molecule has 0 amide bonds. The summed E-state index contributed by atoms with van der Waals surface area (Å²) in [5.41, 5.74) is 3.70. The van der Waals surface area contributed by atoms with Crippen molar-refractivity contribution in [3.05, 3.63) is 52.4 Å². The van der Waals surface area contributed by atoms with Gasteiger partial charge in [-0.05, 0) is 39.2 Å². The average Bonchev–Trinajstić information content (AvgIpc) is 2.66. The Bertz CT molecular complexity index is 806. The van der Waals surface area contributed by atoms with Crippen LogP contribution in [0.2, 0.25) is 0 Å². The van der Waals surface area contributed by atoms with E-state index in [0.717, 1.165) is 36.2 Å². The lowest BCUT2D eigenvalue weighted by Crippen LogP contribution is -2.34. The van der Waals surface area contributed by atoms with E-state index in [2.05, 4.69) is 5.32 Å². The van der Waals surface area contributed by atoms with Gasteiger partial charge in [-0.1, -0.05) is 25.1 Å². The molecule has 0 unspecified atom stereocenters. The van der Waals surface area contributed by atoms with Gasteiger partial charge in [0.2, 0.25) is 0 Å². The lowest BCUT2D eigenvalue weighted by molar-refractivity contribution is -0.139. The van der Waals surface area contributed by atoms with Crippen molar-refractivity contribution in [1.29, 1.82) is 0 Å². The van der Waals surface area contributed by atoms with Gasteiger partial charge in [-0.15, -0.1) is 0 Å². The molecule has 1 atom stereocenters. The molecule has 0 saturated carbocycles. The maximum Gasteiger partial charge on any atom is 0.336 e. The number of carbonyl (C=O) groups excluding carboxylic acids is 2. The van der Waals surface area contributed by atoms with Gasteiger partial charge in [-0.25, -0.2) is 4.79 Å². The van der Waals surface area contributed by atoms with Crippen molar-refractivity contribution < 1.29 is 19.1 Å². The maximum absolute atomic E-state index is 12.9. The Morgan fingerprint density at radius 1 is 1.22 bits per heavy atom. The molecular formula is C22H27NO4. The standard InChI is InChI=1S/C22H27NO4/c1-4-13-27-22(25)19-14(3)23-16-10-8-11-17(24)21(16)20(19)15-9-6-7-12-18(15)26-5-2/h6-7,9,12,20,23H,4-5,8,10-11,13H2,1-3H3/t20-/m0/s1. The third-order valence-corrected chi connectivity index (χ3v) is 4.96. The first kappa shape index (κ1) is 19.2. The minimum Gasteiger partial charge on any atom is -0.494 e. The van der Waals surface area contributed by atoms with Gasteiger partial charge in [0.1, 0.15) is 5.75 Å². The van der Waals surface area contributed by atoms with Crippen molar-refractivity contribution in [2.75, 3.05) is 13.2 Å². The zero-order valence-electron chi connectivity index (χ0n) is 16.3. The topological polar surface area (TPSA) is 64.6 Å². The molecule has 2 aliphatic rings. The lowest BCUT2D eigenvalue weighted by Gasteiger charge is -2.34. The number of dihydropyridines is 1. The van der Waals surface area contributed by atoms with Crippen molar-refractivity contribution in [2.24, 2.45) is 0 Å². The van der Waals surface area contributed by atoms with Crippen LogP contribution in [-0.4, -0.2) is 25.0 Å². The Labute approximate surface area is 160 Å². The number of rotatable bonds is 6. The first-order valence-electron chi connectivity index (χ1n) is 9.71. The second-order valence-corrected chi connectivity index (χ2v) is 6.87. The zero-order chi connectivity index (χ0) is 19.4. The third kappa shape index (κ3) is 3.77. The van der Waals surface area contributed by atoms with E-state index >= 15 is 0 Å². The first-order chi connectivity index (χ1) is 13.1. The minimum absolute atomic E-state index is 0.0911. The molecule has 1 N–H and O–H groups in total. The number of benzene rings is 1. The molecule has 0 spiro atoms. The quantitative estimate of drug-likeness (QED) is 0.768. The Morgan fingerprint density at radius 2 is 2.00 bits per heavy atom. The summed E-state index contributed by atoms with van der Waals surface area (Å²) >= 11 is 0. The molecule has 0 aromatic heterocycles. The Morgan fingerprint density at radius 3 is 2.74 bits per heavy atom. The van der Waals surface area contributed by atoms with Crippen molar-refractivity contribution >= 4 is 11.8 Å². The maximum atomic E-state index is 12.9. The van der Waals surface area contributed by atoms with Crippen LogP contribution in [0.25, 0.3) is 0 Å². The number of ketones is 1. The number of esters is 1. The zero-order valence-corrected chi connectivity index (χ0v) is 16.3. The van der Waals surface area contributed by atoms with Gasteiger partial charge in [-0.2, -0.15) is 0 Å². The van der Waals surface area contributed by atoms with Gasteiger partial charge in [0.05, 0.1) is 24.7 Å². The van der Waals surface area contributed by atoms with E-state index in [-0.39, 0.29) is 11.8 Å². The summed E-state index contributed by atoms with van der Waals surface area (Å²) in [6, 6.07) is 7.64. The van der Waals surface area contributed by atoms with E-state index < -0.39 is 5.92 Å². The Balaban J connectivity index is 2.15. The highest BCUT2D eigenvalue weighted by Crippen LogP contribution is 2.45. The molecule has 3 rings (SSSR count). The SMILES string of the molecule is CCCOC(=O)C1=C(C)NC2=C(C(=O)CCC2)[C@H]1c1ccccc1OCC. The van der Waals surface area contributed by atoms with Gasteiger partial charge in [0.25, 0.3) is 0 Å². The molecular weight excluding hydrogens is 342 g/mol. The highest BCUT2D eigenvalue weighted by molar-refractivity contribution is 6.04. The van der Waals surface area contributed by atoms with Gasteiger partial charge < -0.3 is 14.8 Å². The highest BCUT2D eigenvalue weighted by atomic mass is 16.5. The van der Waals surface area contributed by atoms with E-state index in [0.29, 0.717) is 36.5 Å². The number of hydrogen-bond donors (Lipinski definition) is 1. The van der Waals surface area contributed by atoms with Crippen LogP contribution in [0.1, 0.15) is 57.9 Å². The van der Waals surface area contributed by atoms with Crippen LogP contribution in [-0.2, 0) is 14.3 Å². The van der Waals surface area contributed by atoms with Crippen LogP contribution < -0.4 is 10.1 Å². The normalized spacial score (nSPS) is 19.5. The summed E-state index contributed by atoms with van der Waals surface area (Å²) in [5, 5.41) is 3.30. The van der Waals surface area contributed by atoms with E-state index in [4.69, 9.17) is 9.47 Å². The van der Waals surface area contributed by atoms with Gasteiger partial charge >= 0.3 is 5.97 Å². The van der Waals surface area contributed by atoms with Crippen molar-refractivity contribution in [2.45, 2.75) is 52.4 Å². The molecule has 1 heterocycles. The molecule has 1 aromatic rings. The Kier molecular flexibility index (Phi) is 5.99. The number of nitrogens with one attached hydrogen (secondary N) is 1. The summed E-state index contributed by atoms with van der Waals surface area (Å²) in [5.74, 6) is -0.0386.